The Morgan fingerprint density at radius 3 is 2.51 bits per heavy atom. The minimum atomic E-state index is -0.894. The SMILES string of the molecule is COc1c(OCC2CCNCC2)ccc2c(Oc3ccc(NC(=O)C(=O)NCCc4ccc(Br)cc4)cc3F)ccnc12. The molecule has 1 saturated heterocycles. The van der Waals surface area contributed by atoms with Gasteiger partial charge in [-0.15, -0.1) is 0 Å². The van der Waals surface area contributed by atoms with Crippen molar-refractivity contribution in [3.63, 3.8) is 0 Å². The van der Waals surface area contributed by atoms with Gasteiger partial charge in [0.15, 0.2) is 23.1 Å². The zero-order valence-electron chi connectivity index (χ0n) is 23.6. The van der Waals surface area contributed by atoms with Crippen LogP contribution in [0.15, 0.2) is 71.3 Å². The van der Waals surface area contributed by atoms with Crippen LogP contribution in [-0.4, -0.2) is 50.1 Å². The van der Waals surface area contributed by atoms with Gasteiger partial charge < -0.3 is 30.2 Å². The van der Waals surface area contributed by atoms with Gasteiger partial charge in [-0.3, -0.25) is 14.6 Å². The van der Waals surface area contributed by atoms with Crippen molar-refractivity contribution in [1.29, 1.82) is 0 Å². The lowest BCUT2D eigenvalue weighted by atomic mass is 9.99. The van der Waals surface area contributed by atoms with Gasteiger partial charge >= 0.3 is 11.8 Å². The smallest absolute Gasteiger partial charge is 0.313 e. The molecule has 3 N–H and O–H groups in total. The Balaban J connectivity index is 1.21. The lowest BCUT2D eigenvalue weighted by Gasteiger charge is -2.23. The van der Waals surface area contributed by atoms with Crippen LogP contribution in [0.1, 0.15) is 18.4 Å². The first-order chi connectivity index (χ1) is 20.9. The van der Waals surface area contributed by atoms with Crippen LogP contribution < -0.4 is 30.2 Å². The third kappa shape index (κ3) is 7.79. The Labute approximate surface area is 257 Å². The lowest BCUT2D eigenvalue weighted by molar-refractivity contribution is -0.136. The first-order valence-electron chi connectivity index (χ1n) is 14.0. The Bertz CT molecular complexity index is 1600. The molecule has 1 aromatic heterocycles. The van der Waals surface area contributed by atoms with Crippen molar-refractivity contribution in [1.82, 2.24) is 15.6 Å². The number of halogens is 2. The number of nitrogens with zero attached hydrogens (tertiary/aromatic N) is 1. The van der Waals surface area contributed by atoms with Crippen molar-refractivity contribution >= 4 is 44.3 Å². The number of methoxy groups -OCH3 is 1. The maximum absolute atomic E-state index is 15.0. The molecule has 0 aliphatic carbocycles. The zero-order chi connectivity index (χ0) is 30.2. The lowest BCUT2D eigenvalue weighted by Crippen LogP contribution is -2.36. The number of ether oxygens (including phenoxy) is 3. The summed E-state index contributed by atoms with van der Waals surface area (Å²) >= 11 is 3.38. The van der Waals surface area contributed by atoms with Crippen LogP contribution in [0.25, 0.3) is 10.9 Å². The number of benzene rings is 3. The van der Waals surface area contributed by atoms with E-state index in [1.54, 1.807) is 31.5 Å². The fraction of sp³-hybridized carbons (Fsp3) is 0.281. The van der Waals surface area contributed by atoms with E-state index in [4.69, 9.17) is 14.2 Å². The summed E-state index contributed by atoms with van der Waals surface area (Å²) in [5.41, 5.74) is 1.66. The van der Waals surface area contributed by atoms with Crippen molar-refractivity contribution in [2.24, 2.45) is 5.92 Å². The molecule has 1 aliphatic rings. The second-order valence-corrected chi connectivity index (χ2v) is 11.1. The molecule has 5 rings (SSSR count). The molecule has 2 heterocycles. The summed E-state index contributed by atoms with van der Waals surface area (Å²) < 4.78 is 33.7. The largest absolute Gasteiger partial charge is 0.491 e. The van der Waals surface area contributed by atoms with Crippen LogP contribution in [0.3, 0.4) is 0 Å². The average molecular weight is 652 g/mol. The van der Waals surface area contributed by atoms with E-state index in [0.717, 1.165) is 42.0 Å². The minimum Gasteiger partial charge on any atom is -0.491 e. The zero-order valence-corrected chi connectivity index (χ0v) is 25.2. The number of rotatable bonds is 10. The monoisotopic (exact) mass is 650 g/mol. The van der Waals surface area contributed by atoms with Crippen LogP contribution in [0.4, 0.5) is 10.1 Å². The third-order valence-electron chi connectivity index (χ3n) is 7.16. The Morgan fingerprint density at radius 2 is 1.77 bits per heavy atom. The number of fused-ring (bicyclic) bond motifs is 1. The predicted octanol–water partition coefficient (Wildman–Crippen LogP) is 5.61. The van der Waals surface area contributed by atoms with Gasteiger partial charge in [-0.25, -0.2) is 4.39 Å². The van der Waals surface area contributed by atoms with E-state index in [9.17, 15) is 9.59 Å². The van der Waals surface area contributed by atoms with Crippen LogP contribution in [0.2, 0.25) is 0 Å². The Kier molecular flexibility index (Phi) is 10.1. The van der Waals surface area contributed by atoms with E-state index in [-0.39, 0.29) is 18.0 Å². The van der Waals surface area contributed by atoms with Crippen molar-refractivity contribution in [3.8, 4) is 23.0 Å². The second-order valence-electron chi connectivity index (χ2n) is 10.1. The van der Waals surface area contributed by atoms with E-state index < -0.39 is 17.6 Å². The average Bonchev–Trinajstić information content (AvgIpc) is 3.02. The van der Waals surface area contributed by atoms with Crippen LogP contribution in [0, 0.1) is 11.7 Å². The number of piperidine rings is 1. The van der Waals surface area contributed by atoms with Crippen LogP contribution in [-0.2, 0) is 16.0 Å². The Morgan fingerprint density at radius 1 is 1.00 bits per heavy atom. The van der Waals surface area contributed by atoms with Gasteiger partial charge in [0.2, 0.25) is 0 Å². The van der Waals surface area contributed by atoms with Crippen molar-refractivity contribution in [3.05, 3.63) is 82.7 Å². The highest BCUT2D eigenvalue weighted by atomic mass is 79.9. The van der Waals surface area contributed by atoms with Gasteiger partial charge in [0, 0.05) is 34.4 Å². The van der Waals surface area contributed by atoms with E-state index in [0.29, 0.717) is 47.1 Å². The standard InChI is InChI=1S/C32H32BrFN4O5/c1-41-30-28(42-19-21-10-14-35-15-11-21)9-7-24-26(13-17-36-29(24)30)43-27-8-6-23(18-25(27)34)38-32(40)31(39)37-16-12-20-2-4-22(33)5-3-20/h2-9,13,17-18,21,35H,10-12,14-16,19H2,1H3,(H,37,39)(H,38,40). The third-order valence-corrected chi connectivity index (χ3v) is 7.68. The molecule has 1 fully saturated rings. The Hall–Kier alpha value is -4.22. The number of hydrogen-bond acceptors (Lipinski definition) is 7. The number of amides is 2. The normalized spacial score (nSPS) is 13.4. The minimum absolute atomic E-state index is 0.0605. The van der Waals surface area contributed by atoms with Gasteiger partial charge in [-0.2, -0.15) is 0 Å². The van der Waals surface area contributed by atoms with Crippen LogP contribution >= 0.6 is 15.9 Å². The number of carbonyl (C=O) groups is 2. The maximum Gasteiger partial charge on any atom is 0.313 e. The molecule has 0 saturated carbocycles. The number of carbonyl (C=O) groups excluding carboxylic acids is 2. The fourth-order valence-corrected chi connectivity index (χ4v) is 5.09. The summed E-state index contributed by atoms with van der Waals surface area (Å²) in [5, 5.41) is 8.96. The molecule has 0 spiro atoms. The summed E-state index contributed by atoms with van der Waals surface area (Å²) in [6, 6.07) is 16.8. The molecular weight excluding hydrogens is 619 g/mol. The van der Waals surface area contributed by atoms with E-state index in [1.165, 1.54) is 12.1 Å². The molecule has 9 nitrogen and oxygen atoms in total. The first kappa shape index (κ1) is 30.2. The highest BCUT2D eigenvalue weighted by Crippen LogP contribution is 2.40. The highest BCUT2D eigenvalue weighted by Gasteiger charge is 2.19. The molecule has 43 heavy (non-hydrogen) atoms. The van der Waals surface area contributed by atoms with Gasteiger partial charge in [0.05, 0.1) is 13.7 Å². The molecular formula is C32H32BrFN4O5. The molecule has 224 valence electrons. The molecule has 4 aromatic rings. The molecule has 0 bridgehead atoms. The van der Waals surface area contributed by atoms with Crippen LogP contribution in [0.5, 0.6) is 23.0 Å². The molecule has 0 unspecified atom stereocenters. The molecule has 0 atom stereocenters. The summed E-state index contributed by atoms with van der Waals surface area (Å²) in [6.07, 6.45) is 4.23. The molecule has 0 radical (unpaired) electrons. The quantitative estimate of drug-likeness (QED) is 0.191. The number of anilines is 1. The molecule has 1 aliphatic heterocycles. The molecule has 3 aromatic carbocycles. The summed E-state index contributed by atoms with van der Waals surface area (Å²) in [4.78, 5) is 29.0. The fourth-order valence-electron chi connectivity index (χ4n) is 4.82. The van der Waals surface area contributed by atoms with E-state index >= 15 is 4.39 Å². The van der Waals surface area contributed by atoms with Gasteiger partial charge in [-0.1, -0.05) is 28.1 Å². The summed E-state index contributed by atoms with van der Waals surface area (Å²) in [5.74, 6) is -0.580. The first-order valence-corrected chi connectivity index (χ1v) is 14.8. The van der Waals surface area contributed by atoms with Gasteiger partial charge in [0.25, 0.3) is 0 Å². The summed E-state index contributed by atoms with van der Waals surface area (Å²) in [7, 11) is 1.55. The number of pyridine rings is 1. The second kappa shape index (κ2) is 14.3. The molecule has 11 heteroatoms. The van der Waals surface area contributed by atoms with Gasteiger partial charge in [-0.05, 0) is 86.3 Å². The van der Waals surface area contributed by atoms with E-state index in [1.807, 2.05) is 24.3 Å². The van der Waals surface area contributed by atoms with Gasteiger partial charge in [0.1, 0.15) is 11.3 Å². The number of aromatic nitrogens is 1. The predicted molar refractivity (Wildman–Crippen MR) is 165 cm³/mol. The summed E-state index contributed by atoms with van der Waals surface area (Å²) in [6.45, 7) is 2.84. The van der Waals surface area contributed by atoms with Crippen molar-refractivity contribution in [2.75, 3.05) is 38.7 Å². The molecule has 2 amide bonds. The number of hydrogen-bond donors (Lipinski definition) is 3. The van der Waals surface area contributed by atoms with Crippen molar-refractivity contribution in [2.45, 2.75) is 19.3 Å². The van der Waals surface area contributed by atoms with Crippen molar-refractivity contribution < 1.29 is 28.2 Å². The number of nitrogens with one attached hydrogen (secondary N) is 3. The topological polar surface area (TPSA) is 111 Å². The highest BCUT2D eigenvalue weighted by molar-refractivity contribution is 9.10. The maximum atomic E-state index is 15.0. The van der Waals surface area contributed by atoms with E-state index in [2.05, 4.69) is 36.9 Å².